The van der Waals surface area contributed by atoms with Crippen LogP contribution in [-0.4, -0.2) is 25.0 Å². The van der Waals surface area contributed by atoms with Gasteiger partial charge in [-0.1, -0.05) is 30.0 Å². The van der Waals surface area contributed by atoms with E-state index in [2.05, 4.69) is 20.6 Å². The first kappa shape index (κ1) is 12.2. The van der Waals surface area contributed by atoms with Gasteiger partial charge in [0, 0.05) is 23.5 Å². The van der Waals surface area contributed by atoms with E-state index in [0.717, 1.165) is 22.1 Å². The molecule has 1 aliphatic heterocycles. The van der Waals surface area contributed by atoms with Crippen LogP contribution in [0.1, 0.15) is 10.9 Å². The first-order valence-electron chi connectivity index (χ1n) is 6.40. The molecule has 104 valence electrons. The average molecular weight is 297 g/mol. The zero-order chi connectivity index (χ0) is 14.2. The molecular weight excluding hydrogens is 286 g/mol. The molecule has 2 N–H and O–H groups in total. The van der Waals surface area contributed by atoms with Crippen LogP contribution in [0.15, 0.2) is 53.9 Å². The van der Waals surface area contributed by atoms with E-state index in [1.54, 1.807) is 24.5 Å². The number of phenols is 1. The van der Waals surface area contributed by atoms with Crippen molar-refractivity contribution in [3.05, 3.63) is 54.4 Å². The first-order chi connectivity index (χ1) is 10.3. The number of nitrogens with one attached hydrogen (secondary N) is 1. The summed E-state index contributed by atoms with van der Waals surface area (Å²) in [6.07, 6.45) is 3.44. The van der Waals surface area contributed by atoms with Crippen molar-refractivity contribution in [2.75, 3.05) is 5.43 Å². The van der Waals surface area contributed by atoms with E-state index < -0.39 is 0 Å². The normalized spacial score (nSPS) is 16.5. The van der Waals surface area contributed by atoms with E-state index >= 15 is 0 Å². The Morgan fingerprint density at radius 2 is 1.90 bits per heavy atom. The molecule has 1 aromatic carbocycles. The molecule has 1 atom stereocenters. The number of nitrogens with zero attached hydrogens (tertiary/aromatic N) is 4. The number of aromatic hydroxyl groups is 1. The number of fused-ring (bicyclic) bond motifs is 1. The highest BCUT2D eigenvalue weighted by Crippen LogP contribution is 2.42. The van der Waals surface area contributed by atoms with Gasteiger partial charge in [-0.3, -0.25) is 4.98 Å². The van der Waals surface area contributed by atoms with Gasteiger partial charge >= 0.3 is 0 Å². The van der Waals surface area contributed by atoms with Crippen LogP contribution in [0.2, 0.25) is 0 Å². The Hall–Kier alpha value is -2.54. The molecule has 2 aromatic heterocycles. The average Bonchev–Trinajstić information content (AvgIpc) is 3.08. The minimum absolute atomic E-state index is 0.0858. The van der Waals surface area contributed by atoms with E-state index in [0.29, 0.717) is 0 Å². The van der Waals surface area contributed by atoms with Gasteiger partial charge in [0.1, 0.15) is 11.1 Å². The number of hydrogen-bond acceptors (Lipinski definition) is 6. The zero-order valence-corrected chi connectivity index (χ0v) is 11.7. The Bertz CT molecular complexity index is 789. The predicted octanol–water partition coefficient (Wildman–Crippen LogP) is 2.39. The molecule has 1 aliphatic rings. The summed E-state index contributed by atoms with van der Waals surface area (Å²) in [5, 5.41) is 19.0. The summed E-state index contributed by atoms with van der Waals surface area (Å²) >= 11 is 1.52. The number of rotatable bonds is 2. The van der Waals surface area contributed by atoms with Crippen molar-refractivity contribution in [1.29, 1.82) is 0 Å². The van der Waals surface area contributed by atoms with E-state index in [9.17, 15) is 5.11 Å². The molecule has 0 radical (unpaired) electrons. The molecule has 0 amide bonds. The lowest BCUT2D eigenvalue weighted by Gasteiger charge is -2.13. The summed E-state index contributed by atoms with van der Waals surface area (Å²) in [7, 11) is 0. The molecular formula is C14H11N5OS. The van der Waals surface area contributed by atoms with Crippen LogP contribution >= 0.6 is 11.8 Å². The van der Waals surface area contributed by atoms with Crippen molar-refractivity contribution in [3.8, 4) is 17.1 Å². The fraction of sp³-hybridized carbons (Fsp3) is 0.0714. The van der Waals surface area contributed by atoms with Crippen LogP contribution in [0.5, 0.6) is 5.75 Å². The zero-order valence-electron chi connectivity index (χ0n) is 10.8. The fourth-order valence-electron chi connectivity index (χ4n) is 2.24. The third-order valence-electron chi connectivity index (χ3n) is 3.26. The summed E-state index contributed by atoms with van der Waals surface area (Å²) in [5.74, 6) is 1.00. The number of thioether (sulfide) groups is 1. The third kappa shape index (κ3) is 2.02. The van der Waals surface area contributed by atoms with Gasteiger partial charge in [-0.25, -0.2) is 4.68 Å². The molecule has 0 fully saturated rings. The van der Waals surface area contributed by atoms with Gasteiger partial charge in [0.2, 0.25) is 5.16 Å². The molecule has 1 unspecified atom stereocenters. The van der Waals surface area contributed by atoms with Crippen LogP contribution < -0.4 is 5.43 Å². The topological polar surface area (TPSA) is 75.9 Å². The maximum atomic E-state index is 9.97. The maximum Gasteiger partial charge on any atom is 0.212 e. The summed E-state index contributed by atoms with van der Waals surface area (Å²) in [6.45, 7) is 0. The molecule has 0 bridgehead atoms. The van der Waals surface area contributed by atoms with Gasteiger partial charge < -0.3 is 10.5 Å². The Labute approximate surface area is 124 Å². The Morgan fingerprint density at radius 1 is 1.10 bits per heavy atom. The summed E-state index contributed by atoms with van der Waals surface area (Å²) in [6, 6.07) is 11.1. The van der Waals surface area contributed by atoms with Gasteiger partial charge in [-0.05, 0) is 18.2 Å². The molecule has 6 nitrogen and oxygen atoms in total. The number of para-hydroxylation sites is 1. The molecule has 3 heterocycles. The van der Waals surface area contributed by atoms with Crippen LogP contribution in [-0.2, 0) is 0 Å². The van der Waals surface area contributed by atoms with Gasteiger partial charge in [-0.15, -0.1) is 10.2 Å². The van der Waals surface area contributed by atoms with Crippen molar-refractivity contribution in [1.82, 2.24) is 19.9 Å². The minimum Gasteiger partial charge on any atom is -0.508 e. The molecule has 21 heavy (non-hydrogen) atoms. The molecule has 0 saturated heterocycles. The van der Waals surface area contributed by atoms with Gasteiger partial charge in [0.05, 0.1) is 0 Å². The van der Waals surface area contributed by atoms with Crippen LogP contribution in [0.3, 0.4) is 0 Å². The number of hydrogen-bond donors (Lipinski definition) is 2. The van der Waals surface area contributed by atoms with Crippen molar-refractivity contribution in [2.24, 2.45) is 0 Å². The lowest BCUT2D eigenvalue weighted by atomic mass is 10.2. The highest BCUT2D eigenvalue weighted by molar-refractivity contribution is 7.99. The van der Waals surface area contributed by atoms with E-state index in [-0.39, 0.29) is 11.1 Å². The summed E-state index contributed by atoms with van der Waals surface area (Å²) in [5.41, 5.74) is 5.08. The van der Waals surface area contributed by atoms with Gasteiger partial charge in [0.25, 0.3) is 0 Å². The van der Waals surface area contributed by atoms with E-state index in [4.69, 9.17) is 0 Å². The van der Waals surface area contributed by atoms with Crippen molar-refractivity contribution >= 4 is 11.8 Å². The standard InChI is InChI=1S/C14H11N5OS/c20-11-4-2-1-3-10(11)13-18-19-12(16-17-14(19)21-13)9-5-7-15-8-6-9/h1-8,13,18,20H. The van der Waals surface area contributed by atoms with Crippen molar-refractivity contribution < 1.29 is 5.11 Å². The van der Waals surface area contributed by atoms with Crippen molar-refractivity contribution in [2.45, 2.75) is 10.5 Å². The first-order valence-corrected chi connectivity index (χ1v) is 7.28. The molecule has 0 spiro atoms. The second-order valence-electron chi connectivity index (χ2n) is 4.56. The second kappa shape index (κ2) is 4.78. The highest BCUT2D eigenvalue weighted by Gasteiger charge is 2.29. The number of phenolic OH excluding ortho intramolecular Hbond substituents is 1. The van der Waals surface area contributed by atoms with E-state index in [1.807, 2.05) is 28.9 Å². The molecule has 0 saturated carbocycles. The number of pyridine rings is 1. The maximum absolute atomic E-state index is 9.97. The third-order valence-corrected chi connectivity index (χ3v) is 4.33. The van der Waals surface area contributed by atoms with E-state index in [1.165, 1.54) is 11.8 Å². The SMILES string of the molecule is Oc1ccccc1C1Nn2c(nnc2-c2ccncc2)S1. The largest absolute Gasteiger partial charge is 0.508 e. The molecule has 7 heteroatoms. The number of aromatic nitrogens is 4. The monoisotopic (exact) mass is 297 g/mol. The Morgan fingerprint density at radius 3 is 2.71 bits per heavy atom. The second-order valence-corrected chi connectivity index (χ2v) is 5.64. The van der Waals surface area contributed by atoms with Crippen LogP contribution in [0.4, 0.5) is 0 Å². The Balaban J connectivity index is 1.70. The molecule has 0 aliphatic carbocycles. The lowest BCUT2D eigenvalue weighted by molar-refractivity contribution is 0.468. The predicted molar refractivity (Wildman–Crippen MR) is 79.3 cm³/mol. The Kier molecular flexibility index (Phi) is 2.78. The molecule has 4 rings (SSSR count). The fourth-order valence-corrected chi connectivity index (χ4v) is 3.27. The van der Waals surface area contributed by atoms with Gasteiger partial charge in [-0.2, -0.15) is 0 Å². The lowest BCUT2D eigenvalue weighted by Crippen LogP contribution is -2.13. The quantitative estimate of drug-likeness (QED) is 0.756. The van der Waals surface area contributed by atoms with Gasteiger partial charge in [0.15, 0.2) is 5.82 Å². The van der Waals surface area contributed by atoms with Crippen molar-refractivity contribution in [3.63, 3.8) is 0 Å². The smallest absolute Gasteiger partial charge is 0.212 e. The summed E-state index contributed by atoms with van der Waals surface area (Å²) in [4.78, 5) is 4.01. The van der Waals surface area contributed by atoms with Crippen LogP contribution in [0.25, 0.3) is 11.4 Å². The summed E-state index contributed by atoms with van der Waals surface area (Å²) < 4.78 is 1.84. The van der Waals surface area contributed by atoms with Crippen LogP contribution in [0, 0.1) is 0 Å². The molecule has 3 aromatic rings. The number of benzene rings is 1. The highest BCUT2D eigenvalue weighted by atomic mass is 32.2. The minimum atomic E-state index is -0.0858.